The van der Waals surface area contributed by atoms with Gasteiger partial charge in [-0.15, -0.1) is 0 Å². The van der Waals surface area contributed by atoms with Crippen molar-refractivity contribution in [1.82, 2.24) is 14.5 Å². The number of fused-ring (bicyclic) bond motifs is 5. The second-order valence-corrected chi connectivity index (χ2v) is 18.0. The maximum Gasteiger partial charge on any atom is 0.343 e. The van der Waals surface area contributed by atoms with Gasteiger partial charge in [-0.2, -0.15) is 0 Å². The quantitative estimate of drug-likeness (QED) is 0.304. The van der Waals surface area contributed by atoms with E-state index in [1.165, 1.54) is 48.6 Å². The van der Waals surface area contributed by atoms with Gasteiger partial charge in [0.15, 0.2) is 5.60 Å². The molecule has 0 saturated carbocycles. The molecule has 8 nitrogen and oxygen atoms in total. The first-order chi connectivity index (χ1) is 19.1. The van der Waals surface area contributed by atoms with Crippen LogP contribution in [-0.4, -0.2) is 65.8 Å². The van der Waals surface area contributed by atoms with Crippen LogP contribution in [-0.2, 0) is 28.3 Å². The predicted molar refractivity (Wildman–Crippen MR) is 159 cm³/mol. The fourth-order valence-corrected chi connectivity index (χ4v) is 9.61. The van der Waals surface area contributed by atoms with Crippen LogP contribution >= 0.6 is 0 Å². The van der Waals surface area contributed by atoms with Crippen molar-refractivity contribution in [3.8, 4) is 11.4 Å². The van der Waals surface area contributed by atoms with E-state index in [0.717, 1.165) is 29.9 Å². The van der Waals surface area contributed by atoms with E-state index >= 15 is 0 Å². The van der Waals surface area contributed by atoms with Gasteiger partial charge in [0.2, 0.25) is 0 Å². The van der Waals surface area contributed by atoms with Gasteiger partial charge in [-0.05, 0) is 73.8 Å². The molecule has 4 aliphatic rings. The number of carbonyl (C=O) groups is 1. The van der Waals surface area contributed by atoms with Crippen molar-refractivity contribution in [1.29, 1.82) is 0 Å². The first kappa shape index (κ1) is 25.9. The molecule has 0 bridgehead atoms. The highest BCUT2D eigenvalue weighted by Crippen LogP contribution is 2.39. The third-order valence-electron chi connectivity index (χ3n) is 9.61. The smallest absolute Gasteiger partial charge is 0.343 e. The predicted octanol–water partition coefficient (Wildman–Crippen LogP) is 3.30. The number of rotatable bonds is 4. The monoisotopic (exact) mass is 558 g/mol. The molecule has 2 fully saturated rings. The topological polar surface area (TPSA) is 87.9 Å². The molecule has 9 heteroatoms. The van der Waals surface area contributed by atoms with Crippen LogP contribution in [0.1, 0.15) is 49.3 Å². The average Bonchev–Trinajstić information content (AvgIpc) is 3.69. The molecule has 1 aromatic carbocycles. The first-order valence-corrected chi connectivity index (χ1v) is 18.2. The number of nitrogens with zero attached hydrogens (tertiary/aromatic N) is 4. The summed E-state index contributed by atoms with van der Waals surface area (Å²) in [4.78, 5) is 36.6. The molecule has 1 unspecified atom stereocenters. The number of carbonyl (C=O) groups excluding carboxylic acids is 1. The number of pyridine rings is 2. The third kappa shape index (κ3) is 3.74. The number of aromatic nitrogens is 2. The van der Waals surface area contributed by atoms with Crippen molar-refractivity contribution >= 4 is 35.8 Å². The molecule has 7 rings (SSSR count). The highest BCUT2D eigenvalue weighted by Gasteiger charge is 2.46. The molecule has 4 aliphatic heterocycles. The zero-order valence-corrected chi connectivity index (χ0v) is 24.9. The van der Waals surface area contributed by atoms with E-state index in [0.29, 0.717) is 29.4 Å². The van der Waals surface area contributed by atoms with Crippen LogP contribution < -0.4 is 15.6 Å². The normalized spacial score (nSPS) is 24.4. The van der Waals surface area contributed by atoms with Gasteiger partial charge in [0.05, 0.1) is 37.1 Å². The van der Waals surface area contributed by atoms with Crippen LogP contribution in [0, 0.1) is 0 Å². The lowest BCUT2D eigenvalue weighted by Gasteiger charge is -2.31. The summed E-state index contributed by atoms with van der Waals surface area (Å²) in [6, 6.07) is 9.12. The van der Waals surface area contributed by atoms with Crippen LogP contribution in [0.2, 0.25) is 19.6 Å². The Hall–Kier alpha value is -3.01. The number of esters is 1. The lowest BCUT2D eigenvalue weighted by atomic mass is 9.86. The number of cyclic esters (lactones) is 1. The van der Waals surface area contributed by atoms with Crippen molar-refractivity contribution in [2.24, 2.45) is 0 Å². The second kappa shape index (κ2) is 8.99. The summed E-state index contributed by atoms with van der Waals surface area (Å²) in [5.41, 5.74) is 3.46. The Bertz CT molecular complexity index is 1620. The van der Waals surface area contributed by atoms with Crippen LogP contribution in [0.25, 0.3) is 22.3 Å². The van der Waals surface area contributed by atoms with Gasteiger partial charge in [-0.25, -0.2) is 9.78 Å². The Morgan fingerprint density at radius 1 is 1.10 bits per heavy atom. The zero-order chi connectivity index (χ0) is 28.0. The largest absolute Gasteiger partial charge is 0.458 e. The molecule has 0 aliphatic carbocycles. The second-order valence-electron chi connectivity index (χ2n) is 13.0. The van der Waals surface area contributed by atoms with E-state index in [1.54, 1.807) is 11.5 Å². The molecule has 6 heterocycles. The molecule has 2 atom stereocenters. The Morgan fingerprint density at radius 3 is 2.60 bits per heavy atom. The fraction of sp³-hybridized carbons (Fsp3) is 0.516. The molecular weight excluding hydrogens is 520 g/mol. The SMILES string of the molecule is CC[C@@]1(O)C(=O)OCc2c1cc1n(c2=O)Cc2c-1nc1ccc(N3CCC(N4CCCC4)C3)cc1c2[Si](C)(C)C. The number of ether oxygens (including phenoxy) is 1. The molecular formula is C31H38N4O4Si. The molecule has 0 radical (unpaired) electrons. The molecule has 0 spiro atoms. The lowest BCUT2D eigenvalue weighted by Crippen LogP contribution is -2.44. The summed E-state index contributed by atoms with van der Waals surface area (Å²) in [7, 11) is -1.90. The van der Waals surface area contributed by atoms with E-state index < -0.39 is 19.6 Å². The molecule has 1 N–H and O–H groups in total. The number of aliphatic hydroxyl groups is 1. The molecule has 3 aromatic rings. The van der Waals surface area contributed by atoms with Gasteiger partial charge in [-0.3, -0.25) is 9.69 Å². The van der Waals surface area contributed by atoms with Gasteiger partial charge in [0.25, 0.3) is 5.56 Å². The molecule has 2 saturated heterocycles. The maximum atomic E-state index is 13.7. The summed E-state index contributed by atoms with van der Waals surface area (Å²) in [6.45, 7) is 13.7. The summed E-state index contributed by atoms with van der Waals surface area (Å²) in [5.74, 6) is -0.694. The molecule has 0 amide bonds. The van der Waals surface area contributed by atoms with Gasteiger partial charge >= 0.3 is 5.97 Å². The summed E-state index contributed by atoms with van der Waals surface area (Å²) in [5, 5.41) is 13.8. The van der Waals surface area contributed by atoms with Crippen LogP contribution in [0.5, 0.6) is 0 Å². The minimum Gasteiger partial charge on any atom is -0.458 e. The summed E-state index contributed by atoms with van der Waals surface area (Å²) >= 11 is 0. The van der Waals surface area contributed by atoms with Gasteiger partial charge in [0.1, 0.15) is 6.61 Å². The van der Waals surface area contributed by atoms with Gasteiger partial charge < -0.3 is 19.3 Å². The number of hydrogen-bond acceptors (Lipinski definition) is 7. The first-order valence-electron chi connectivity index (χ1n) is 14.7. The van der Waals surface area contributed by atoms with E-state index in [2.05, 4.69) is 47.6 Å². The van der Waals surface area contributed by atoms with E-state index in [1.807, 2.05) is 6.07 Å². The third-order valence-corrected chi connectivity index (χ3v) is 11.7. The van der Waals surface area contributed by atoms with Crippen LogP contribution in [0.15, 0.2) is 29.1 Å². The fourth-order valence-electron chi connectivity index (χ4n) is 7.50. The number of hydrogen-bond donors (Lipinski definition) is 1. The summed E-state index contributed by atoms with van der Waals surface area (Å²) in [6.07, 6.45) is 3.98. The van der Waals surface area contributed by atoms with Crippen molar-refractivity contribution in [2.75, 3.05) is 31.1 Å². The minimum absolute atomic E-state index is 0.111. The van der Waals surface area contributed by atoms with Crippen molar-refractivity contribution in [3.63, 3.8) is 0 Å². The summed E-state index contributed by atoms with van der Waals surface area (Å²) < 4.78 is 7.01. The Morgan fingerprint density at radius 2 is 1.88 bits per heavy atom. The van der Waals surface area contributed by atoms with E-state index in [9.17, 15) is 14.7 Å². The zero-order valence-electron chi connectivity index (χ0n) is 23.9. The number of likely N-dealkylation sites (tertiary alicyclic amines) is 1. The highest BCUT2D eigenvalue weighted by molar-refractivity contribution is 6.90. The lowest BCUT2D eigenvalue weighted by molar-refractivity contribution is -0.172. The van der Waals surface area contributed by atoms with Crippen molar-refractivity contribution in [3.05, 3.63) is 51.3 Å². The number of benzene rings is 1. The Kier molecular flexibility index (Phi) is 5.83. The Balaban J connectivity index is 1.36. The van der Waals surface area contributed by atoms with Gasteiger partial charge in [-0.1, -0.05) is 26.6 Å². The Labute approximate surface area is 235 Å². The van der Waals surface area contributed by atoms with Crippen LogP contribution in [0.4, 0.5) is 5.69 Å². The van der Waals surface area contributed by atoms with E-state index in [-0.39, 0.29) is 18.6 Å². The average molecular weight is 559 g/mol. The highest BCUT2D eigenvalue weighted by atomic mass is 28.3. The maximum absolute atomic E-state index is 13.7. The van der Waals surface area contributed by atoms with Gasteiger partial charge in [0, 0.05) is 35.8 Å². The van der Waals surface area contributed by atoms with E-state index in [4.69, 9.17) is 9.72 Å². The minimum atomic E-state index is -1.90. The molecule has 2 aromatic heterocycles. The number of anilines is 1. The van der Waals surface area contributed by atoms with Crippen LogP contribution in [0.3, 0.4) is 0 Å². The molecule has 210 valence electrons. The van der Waals surface area contributed by atoms with Crippen molar-refractivity contribution < 1.29 is 14.6 Å². The molecule has 40 heavy (non-hydrogen) atoms. The standard InChI is InChI=1S/C31H38N4O4Si/c1-5-31(38)24-15-26-27-22(17-35(26)29(36)23(24)18-39-30(31)37)28(40(2,3)4)21-14-19(8-9-25(21)32-27)34-13-10-20(16-34)33-11-6-7-12-33/h8-9,14-15,20,38H,5-7,10-13,16-18H2,1-4H3/t20?,31-/m0/s1. The van der Waals surface area contributed by atoms with Crippen molar-refractivity contribution in [2.45, 2.75) is 77.0 Å².